The van der Waals surface area contributed by atoms with E-state index < -0.39 is 0 Å². The molecule has 1 aromatic carbocycles. The Kier molecular flexibility index (Phi) is 4.42. The molecule has 0 fully saturated rings. The van der Waals surface area contributed by atoms with Crippen LogP contribution in [0, 0.1) is 0 Å². The second-order valence-electron chi connectivity index (χ2n) is 4.18. The van der Waals surface area contributed by atoms with E-state index in [9.17, 15) is 0 Å². The van der Waals surface area contributed by atoms with Crippen molar-refractivity contribution in [3.8, 4) is 28.4 Å². The number of nitrogens with two attached hydrogens (primary N) is 1. The summed E-state index contributed by atoms with van der Waals surface area (Å²) in [6.45, 7) is 0.396. The summed E-state index contributed by atoms with van der Waals surface area (Å²) in [5.74, 6) is 2.01. The fourth-order valence-corrected chi connectivity index (χ4v) is 2.04. The van der Waals surface area contributed by atoms with Crippen molar-refractivity contribution < 1.29 is 14.2 Å². The molecule has 0 saturated carbocycles. The summed E-state index contributed by atoms with van der Waals surface area (Å²) in [5, 5.41) is 0. The SMILES string of the molecule is COc1cncc(-c2cc(OC)c(OC)cc2CN)c1. The molecule has 5 nitrogen and oxygen atoms in total. The van der Waals surface area contributed by atoms with Gasteiger partial charge in [0.1, 0.15) is 5.75 Å². The second kappa shape index (κ2) is 6.25. The topological polar surface area (TPSA) is 66.6 Å². The highest BCUT2D eigenvalue weighted by Gasteiger charge is 2.12. The monoisotopic (exact) mass is 274 g/mol. The molecule has 0 saturated heterocycles. The number of pyridine rings is 1. The predicted octanol–water partition coefficient (Wildman–Crippen LogP) is 2.23. The Balaban J connectivity index is 2.59. The predicted molar refractivity (Wildman–Crippen MR) is 77.2 cm³/mol. The minimum Gasteiger partial charge on any atom is -0.495 e. The fraction of sp³-hybridized carbons (Fsp3) is 0.267. The van der Waals surface area contributed by atoms with Gasteiger partial charge in [-0.1, -0.05) is 0 Å². The Morgan fingerprint density at radius 1 is 0.950 bits per heavy atom. The molecule has 0 amide bonds. The fourth-order valence-electron chi connectivity index (χ4n) is 2.04. The highest BCUT2D eigenvalue weighted by molar-refractivity contribution is 5.71. The highest BCUT2D eigenvalue weighted by atomic mass is 16.5. The molecule has 0 aliphatic carbocycles. The van der Waals surface area contributed by atoms with Crippen molar-refractivity contribution in [2.45, 2.75) is 6.54 Å². The molecule has 0 bridgehead atoms. The number of hydrogen-bond acceptors (Lipinski definition) is 5. The first-order valence-corrected chi connectivity index (χ1v) is 6.17. The molecule has 0 aliphatic heterocycles. The second-order valence-corrected chi connectivity index (χ2v) is 4.18. The van der Waals surface area contributed by atoms with Crippen LogP contribution in [0.1, 0.15) is 5.56 Å². The number of rotatable bonds is 5. The van der Waals surface area contributed by atoms with E-state index in [4.69, 9.17) is 19.9 Å². The van der Waals surface area contributed by atoms with E-state index in [-0.39, 0.29) is 0 Å². The highest BCUT2D eigenvalue weighted by Crippen LogP contribution is 2.36. The van der Waals surface area contributed by atoms with Crippen LogP contribution in [0.5, 0.6) is 17.2 Å². The first-order chi connectivity index (χ1) is 9.73. The van der Waals surface area contributed by atoms with Crippen LogP contribution in [0.25, 0.3) is 11.1 Å². The first kappa shape index (κ1) is 14.1. The quantitative estimate of drug-likeness (QED) is 0.905. The van der Waals surface area contributed by atoms with Gasteiger partial charge in [0.05, 0.1) is 27.5 Å². The molecule has 2 N–H and O–H groups in total. The Labute approximate surface area is 118 Å². The zero-order valence-electron chi connectivity index (χ0n) is 11.8. The van der Waals surface area contributed by atoms with Crippen LogP contribution in [0.4, 0.5) is 0 Å². The third kappa shape index (κ3) is 2.67. The maximum absolute atomic E-state index is 5.83. The minimum atomic E-state index is 0.396. The number of methoxy groups -OCH3 is 3. The van der Waals surface area contributed by atoms with E-state index in [1.165, 1.54) is 0 Å². The van der Waals surface area contributed by atoms with Gasteiger partial charge < -0.3 is 19.9 Å². The molecule has 0 spiro atoms. The largest absolute Gasteiger partial charge is 0.495 e. The molecule has 5 heteroatoms. The van der Waals surface area contributed by atoms with Gasteiger partial charge in [0.25, 0.3) is 0 Å². The van der Waals surface area contributed by atoms with Crippen molar-refractivity contribution in [2.24, 2.45) is 5.73 Å². The number of aromatic nitrogens is 1. The van der Waals surface area contributed by atoms with Gasteiger partial charge in [-0.05, 0) is 29.3 Å². The number of ether oxygens (including phenoxy) is 3. The lowest BCUT2D eigenvalue weighted by atomic mass is 10.00. The normalized spacial score (nSPS) is 10.2. The van der Waals surface area contributed by atoms with E-state index in [1.807, 2.05) is 18.2 Å². The minimum absolute atomic E-state index is 0.396. The van der Waals surface area contributed by atoms with E-state index in [2.05, 4.69) is 4.98 Å². The maximum atomic E-state index is 5.83. The Morgan fingerprint density at radius 2 is 1.65 bits per heavy atom. The van der Waals surface area contributed by atoms with Crippen molar-refractivity contribution in [3.63, 3.8) is 0 Å². The number of nitrogens with zero attached hydrogens (tertiary/aromatic N) is 1. The number of benzene rings is 1. The van der Waals surface area contributed by atoms with Crippen molar-refractivity contribution in [1.82, 2.24) is 4.98 Å². The van der Waals surface area contributed by atoms with Gasteiger partial charge in [-0.3, -0.25) is 4.98 Å². The molecular formula is C15H18N2O3. The van der Waals surface area contributed by atoms with Crippen molar-refractivity contribution >= 4 is 0 Å². The molecule has 0 aliphatic rings. The lowest BCUT2D eigenvalue weighted by Gasteiger charge is -2.14. The van der Waals surface area contributed by atoms with Gasteiger partial charge in [0.15, 0.2) is 11.5 Å². The van der Waals surface area contributed by atoms with Gasteiger partial charge in [0, 0.05) is 18.3 Å². The van der Waals surface area contributed by atoms with Crippen LogP contribution >= 0.6 is 0 Å². The molecule has 0 atom stereocenters. The summed E-state index contributed by atoms with van der Waals surface area (Å²) in [5.41, 5.74) is 8.66. The third-order valence-electron chi connectivity index (χ3n) is 3.09. The van der Waals surface area contributed by atoms with Crippen LogP contribution in [0.3, 0.4) is 0 Å². The Hall–Kier alpha value is -2.27. The Bertz CT molecular complexity index is 600. The van der Waals surface area contributed by atoms with Crippen molar-refractivity contribution in [1.29, 1.82) is 0 Å². The smallest absolute Gasteiger partial charge is 0.161 e. The maximum Gasteiger partial charge on any atom is 0.161 e. The van der Waals surface area contributed by atoms with Crippen LogP contribution in [0.2, 0.25) is 0 Å². The van der Waals surface area contributed by atoms with Crippen LogP contribution in [0.15, 0.2) is 30.6 Å². The first-order valence-electron chi connectivity index (χ1n) is 6.17. The molecular weight excluding hydrogens is 256 g/mol. The summed E-state index contributed by atoms with van der Waals surface area (Å²) in [4.78, 5) is 4.17. The van der Waals surface area contributed by atoms with Crippen LogP contribution in [-0.2, 0) is 6.54 Å². The summed E-state index contributed by atoms with van der Waals surface area (Å²) < 4.78 is 15.8. The zero-order valence-corrected chi connectivity index (χ0v) is 11.8. The van der Waals surface area contributed by atoms with Gasteiger partial charge in [-0.15, -0.1) is 0 Å². The molecule has 1 aromatic heterocycles. The van der Waals surface area contributed by atoms with Gasteiger partial charge in [-0.2, -0.15) is 0 Å². The van der Waals surface area contributed by atoms with Crippen molar-refractivity contribution in [2.75, 3.05) is 21.3 Å². The van der Waals surface area contributed by atoms with Crippen LogP contribution < -0.4 is 19.9 Å². The van der Waals surface area contributed by atoms with Crippen molar-refractivity contribution in [3.05, 3.63) is 36.2 Å². The lowest BCUT2D eigenvalue weighted by molar-refractivity contribution is 0.354. The number of hydrogen-bond donors (Lipinski definition) is 1. The molecule has 0 radical (unpaired) electrons. The molecule has 2 rings (SSSR count). The summed E-state index contributed by atoms with van der Waals surface area (Å²) in [6.07, 6.45) is 3.43. The average molecular weight is 274 g/mol. The molecule has 0 unspecified atom stereocenters. The molecule has 20 heavy (non-hydrogen) atoms. The Morgan fingerprint density at radius 3 is 2.25 bits per heavy atom. The van der Waals surface area contributed by atoms with E-state index in [0.29, 0.717) is 23.8 Å². The summed E-state index contributed by atoms with van der Waals surface area (Å²) in [6, 6.07) is 5.69. The third-order valence-corrected chi connectivity index (χ3v) is 3.09. The average Bonchev–Trinajstić information content (AvgIpc) is 2.53. The summed E-state index contributed by atoms with van der Waals surface area (Å²) in [7, 11) is 4.82. The summed E-state index contributed by atoms with van der Waals surface area (Å²) >= 11 is 0. The van der Waals surface area contributed by atoms with E-state index in [1.54, 1.807) is 33.7 Å². The zero-order chi connectivity index (χ0) is 14.5. The van der Waals surface area contributed by atoms with Crippen LogP contribution in [-0.4, -0.2) is 26.3 Å². The lowest BCUT2D eigenvalue weighted by Crippen LogP contribution is -2.02. The van der Waals surface area contributed by atoms with Gasteiger partial charge in [0.2, 0.25) is 0 Å². The standard InChI is InChI=1S/C15H18N2O3/c1-18-12-4-11(8-17-9-12)13-6-15(20-3)14(19-2)5-10(13)7-16/h4-6,8-9H,7,16H2,1-3H3. The molecule has 2 aromatic rings. The molecule has 1 heterocycles. The van der Waals surface area contributed by atoms with E-state index >= 15 is 0 Å². The van der Waals surface area contributed by atoms with Gasteiger partial charge >= 0.3 is 0 Å². The van der Waals surface area contributed by atoms with E-state index in [0.717, 1.165) is 16.7 Å². The molecule has 106 valence electrons. The van der Waals surface area contributed by atoms with Gasteiger partial charge in [-0.25, -0.2) is 0 Å².